The molecule has 0 aliphatic heterocycles. The Hall–Kier alpha value is -3.07. The van der Waals surface area contributed by atoms with Gasteiger partial charge in [-0.2, -0.15) is 0 Å². The van der Waals surface area contributed by atoms with E-state index in [1.165, 1.54) is 218 Å². The van der Waals surface area contributed by atoms with E-state index in [2.05, 4.69) is 111 Å². The molecule has 0 radical (unpaired) electrons. The highest BCUT2D eigenvalue weighted by atomic mass is 31.2. The maximum Gasteiger partial charge on any atom is 0.472 e. The van der Waals surface area contributed by atoms with Crippen LogP contribution in [0.4, 0.5) is 0 Å². The molecular weight excluding hydrogens is 1110 g/mol. The largest absolute Gasteiger partial charge is 0.472 e. The van der Waals surface area contributed by atoms with Gasteiger partial charge in [0.05, 0.1) is 27.7 Å². The van der Waals surface area contributed by atoms with E-state index in [-0.39, 0.29) is 32.0 Å². The second-order valence-electron chi connectivity index (χ2n) is 25.9. The molecule has 10 heteroatoms. The van der Waals surface area contributed by atoms with Gasteiger partial charge in [-0.1, -0.05) is 323 Å². The minimum absolute atomic E-state index is 0.0298. The molecule has 2 unspecified atom stereocenters. The van der Waals surface area contributed by atoms with Crippen molar-refractivity contribution in [3.05, 3.63) is 97.2 Å². The number of nitrogens with zero attached hydrogens (tertiary/aromatic N) is 1. The lowest BCUT2D eigenvalue weighted by Crippen LogP contribution is -2.37. The van der Waals surface area contributed by atoms with Crippen LogP contribution >= 0.6 is 7.82 Å². The van der Waals surface area contributed by atoms with Crippen LogP contribution in [0.1, 0.15) is 335 Å². The number of ether oxygens (including phenoxy) is 2. The summed E-state index contributed by atoms with van der Waals surface area (Å²) in [5.41, 5.74) is 0. The SMILES string of the molecule is CC/C=C\C/C=C\C/C=C\C/C=C\C/C=C\C/C=C\C/C=C\CCCCCCCCCCCCCCCC(=O)OC(COC(=O)CCCCCCCCCCCCCCCCCCC/C=C\CCCCCCCCCC)COP(=O)(O)OCC[N+](C)(C)C. The van der Waals surface area contributed by atoms with E-state index in [1.54, 1.807) is 0 Å². The summed E-state index contributed by atoms with van der Waals surface area (Å²) >= 11 is 0. The van der Waals surface area contributed by atoms with Crippen molar-refractivity contribution >= 4 is 19.8 Å². The third-order valence-corrected chi connectivity index (χ3v) is 17.1. The number of hydrogen-bond donors (Lipinski definition) is 1. The Morgan fingerprint density at radius 1 is 0.364 bits per heavy atom. The van der Waals surface area contributed by atoms with Crippen LogP contribution in [0.25, 0.3) is 0 Å². The number of unbranched alkanes of at least 4 members (excludes halogenated alkanes) is 38. The van der Waals surface area contributed by atoms with Crippen molar-refractivity contribution in [1.82, 2.24) is 0 Å². The molecule has 0 fully saturated rings. The Kier molecular flexibility index (Phi) is 65.9. The normalized spacial score (nSPS) is 13.7. The number of rotatable bonds is 68. The Labute approximate surface area is 544 Å². The Balaban J connectivity index is 4.02. The predicted octanol–water partition coefficient (Wildman–Crippen LogP) is 24.3. The lowest BCUT2D eigenvalue weighted by Gasteiger charge is -2.24. The van der Waals surface area contributed by atoms with Crippen molar-refractivity contribution in [1.29, 1.82) is 0 Å². The number of esters is 2. The van der Waals surface area contributed by atoms with Crippen molar-refractivity contribution in [2.45, 2.75) is 341 Å². The zero-order valence-corrected chi connectivity index (χ0v) is 59.1. The van der Waals surface area contributed by atoms with E-state index >= 15 is 0 Å². The number of hydrogen-bond acceptors (Lipinski definition) is 7. The van der Waals surface area contributed by atoms with Gasteiger partial charge in [0.2, 0.25) is 0 Å². The van der Waals surface area contributed by atoms with Crippen LogP contribution in [0.5, 0.6) is 0 Å². The minimum Gasteiger partial charge on any atom is -0.462 e. The van der Waals surface area contributed by atoms with Crippen molar-refractivity contribution < 1.29 is 42.1 Å². The van der Waals surface area contributed by atoms with Crippen LogP contribution in [0.2, 0.25) is 0 Å². The third-order valence-electron chi connectivity index (χ3n) is 16.1. The maximum atomic E-state index is 12.9. The average Bonchev–Trinajstić information content (AvgIpc) is 3.57. The summed E-state index contributed by atoms with van der Waals surface area (Å²) in [5.74, 6) is -0.788. The number of likely N-dealkylation sites (N-methyl/N-ethyl adjacent to an activating group) is 1. The van der Waals surface area contributed by atoms with Gasteiger partial charge >= 0.3 is 19.8 Å². The van der Waals surface area contributed by atoms with Crippen LogP contribution in [0.3, 0.4) is 0 Å². The summed E-state index contributed by atoms with van der Waals surface area (Å²) in [6, 6.07) is 0. The summed E-state index contributed by atoms with van der Waals surface area (Å²) in [4.78, 5) is 35.9. The van der Waals surface area contributed by atoms with Crippen LogP contribution in [0.15, 0.2) is 97.2 Å². The molecule has 0 aliphatic carbocycles. The third kappa shape index (κ3) is 72.0. The fourth-order valence-corrected chi connectivity index (χ4v) is 11.2. The van der Waals surface area contributed by atoms with Gasteiger partial charge in [-0.25, -0.2) is 4.57 Å². The molecule has 0 bridgehead atoms. The molecule has 0 spiro atoms. The molecule has 0 aromatic rings. The second kappa shape index (κ2) is 68.3. The van der Waals surface area contributed by atoms with E-state index in [4.69, 9.17) is 18.5 Å². The molecule has 0 rings (SSSR count). The summed E-state index contributed by atoms with van der Waals surface area (Å²) in [5, 5.41) is 0. The number of allylic oxidation sites excluding steroid dienone is 16. The fourth-order valence-electron chi connectivity index (χ4n) is 10.5. The molecule has 0 aromatic heterocycles. The summed E-state index contributed by atoms with van der Waals surface area (Å²) < 4.78 is 34.8. The van der Waals surface area contributed by atoms with Gasteiger partial charge in [-0.15, -0.1) is 0 Å². The molecule has 0 saturated heterocycles. The Bertz CT molecular complexity index is 1810. The molecule has 0 amide bonds. The van der Waals surface area contributed by atoms with E-state index in [0.29, 0.717) is 17.4 Å². The van der Waals surface area contributed by atoms with Crippen LogP contribution in [-0.4, -0.2) is 74.9 Å². The lowest BCUT2D eigenvalue weighted by atomic mass is 10.0. The van der Waals surface area contributed by atoms with Crippen molar-refractivity contribution in [3.8, 4) is 0 Å². The fraction of sp³-hybridized carbons (Fsp3) is 0.769. The summed E-state index contributed by atoms with van der Waals surface area (Å²) in [6.07, 6.45) is 95.2. The van der Waals surface area contributed by atoms with Crippen molar-refractivity contribution in [3.63, 3.8) is 0 Å². The molecular formula is C78H141NO8P+. The van der Waals surface area contributed by atoms with E-state index in [0.717, 1.165) is 83.5 Å². The topological polar surface area (TPSA) is 108 Å². The maximum absolute atomic E-state index is 12.9. The second-order valence-corrected chi connectivity index (χ2v) is 27.4. The molecule has 2 atom stereocenters. The quantitative estimate of drug-likeness (QED) is 0.0211. The highest BCUT2D eigenvalue weighted by molar-refractivity contribution is 7.47. The first-order chi connectivity index (χ1) is 43.0. The molecule has 0 heterocycles. The van der Waals surface area contributed by atoms with Gasteiger partial charge in [-0.05, 0) is 96.3 Å². The number of phosphoric ester groups is 1. The lowest BCUT2D eigenvalue weighted by molar-refractivity contribution is -0.870. The Morgan fingerprint density at radius 2 is 0.648 bits per heavy atom. The van der Waals surface area contributed by atoms with Crippen LogP contribution < -0.4 is 0 Å². The van der Waals surface area contributed by atoms with Crippen LogP contribution in [0, 0.1) is 0 Å². The summed E-state index contributed by atoms with van der Waals surface area (Å²) in [6.45, 7) is 4.36. The standard InChI is InChI=1S/C78H140NO8P/c1-6-8-10-12-14-16-18-20-22-24-26-28-30-32-34-36-37-38-39-40-41-43-45-47-49-51-53-55-57-59-61-63-65-67-69-71-78(81)87-76(75-86-88(82,83)85-73-72-79(3,4)5)74-84-77(80)70-68-66-64-62-60-58-56-54-52-50-48-46-44-42-35-33-31-29-27-25-23-21-19-17-15-13-11-9-7-2/h8,10,14,16,20,22,25-28,32,34,37-38,40-41,76H,6-7,9,11-13,15,17-19,21,23-24,29-31,33,35-36,39,42-75H2,1-5H3/p+1/b10-8-,16-14-,22-20-,27-25-,28-26-,34-32-,38-37-,41-40-. The molecule has 0 saturated carbocycles. The molecule has 0 aromatic carbocycles. The van der Waals surface area contributed by atoms with E-state index in [1.807, 2.05) is 21.1 Å². The molecule has 9 nitrogen and oxygen atoms in total. The van der Waals surface area contributed by atoms with Gasteiger partial charge in [0.25, 0.3) is 0 Å². The van der Waals surface area contributed by atoms with Crippen molar-refractivity contribution in [2.24, 2.45) is 0 Å². The van der Waals surface area contributed by atoms with Crippen LogP contribution in [-0.2, 0) is 32.7 Å². The average molecular weight is 1250 g/mol. The first-order valence-electron chi connectivity index (χ1n) is 37.0. The van der Waals surface area contributed by atoms with E-state index < -0.39 is 26.5 Å². The van der Waals surface area contributed by atoms with Gasteiger partial charge in [0, 0.05) is 12.8 Å². The number of carbonyl (C=O) groups excluding carboxylic acids is 2. The highest BCUT2D eigenvalue weighted by Crippen LogP contribution is 2.43. The molecule has 0 aliphatic rings. The Morgan fingerprint density at radius 3 is 0.977 bits per heavy atom. The van der Waals surface area contributed by atoms with Gasteiger partial charge in [0.1, 0.15) is 19.8 Å². The highest BCUT2D eigenvalue weighted by Gasteiger charge is 2.27. The van der Waals surface area contributed by atoms with Gasteiger partial charge in [-0.3, -0.25) is 18.6 Å². The molecule has 510 valence electrons. The van der Waals surface area contributed by atoms with Crippen molar-refractivity contribution in [2.75, 3.05) is 47.5 Å². The number of carbonyl (C=O) groups is 2. The zero-order chi connectivity index (χ0) is 64.1. The number of phosphoric acid groups is 1. The van der Waals surface area contributed by atoms with Gasteiger partial charge in [0.15, 0.2) is 6.10 Å². The van der Waals surface area contributed by atoms with Gasteiger partial charge < -0.3 is 18.9 Å². The zero-order valence-electron chi connectivity index (χ0n) is 58.2. The molecule has 1 N–H and O–H groups in total. The summed E-state index contributed by atoms with van der Waals surface area (Å²) in [7, 11) is 1.48. The predicted molar refractivity (Wildman–Crippen MR) is 381 cm³/mol. The van der Waals surface area contributed by atoms with E-state index in [9.17, 15) is 19.0 Å². The monoisotopic (exact) mass is 1250 g/mol. The molecule has 88 heavy (non-hydrogen) atoms. The first kappa shape index (κ1) is 84.9. The first-order valence-corrected chi connectivity index (χ1v) is 38.5. The number of quaternary nitrogens is 1. The smallest absolute Gasteiger partial charge is 0.462 e. The minimum atomic E-state index is -4.40.